The molecule has 0 spiro atoms. The number of aliphatic hydroxyl groups is 9. The minimum absolute atomic E-state index is 0.0585. The summed E-state index contributed by atoms with van der Waals surface area (Å²) in [5.74, 6) is -8.05. The number of benzene rings is 4. The fourth-order valence-electron chi connectivity index (χ4n) is 8.77. The van der Waals surface area contributed by atoms with E-state index < -0.39 is 177 Å². The fraction of sp³-hybridized carbons (Fsp3) is 0.370. The van der Waals surface area contributed by atoms with E-state index in [-0.39, 0.29) is 45.3 Å². The van der Waals surface area contributed by atoms with Gasteiger partial charge in [-0.2, -0.15) is 0 Å². The highest BCUT2D eigenvalue weighted by Crippen LogP contribution is 2.47. The number of phenolic OH excluding ortho intramolecular Hbond substituents is 6. The Morgan fingerprint density at radius 2 is 1.02 bits per heavy atom. The first kappa shape index (κ1) is 60.8. The van der Waals surface area contributed by atoms with Crippen LogP contribution in [0.5, 0.6) is 46.0 Å². The van der Waals surface area contributed by atoms with Crippen molar-refractivity contribution in [1.82, 2.24) is 0 Å². The summed E-state index contributed by atoms with van der Waals surface area (Å²) in [6.07, 6.45) is -26.4. The standard InChI is InChI=1S/C54H56O29/c55-25-7-5-24(6-8-25)50-34(17-27-32(77-50)15-26(56)16-33(27)78-52-48(72)45(69)43(67)36(80-52)21-76-41(65)18-38(61)62)79-54-51(47(71)44(68)37(82-54)20-75-40(64)12-4-23-2-10-29(58)31(60)14-23)83-53-49(73)46(70)42(66)35(81-53)19-74-39(63)11-3-22-1-9-28(57)30(59)13-22/h1-17,35-37,42-60,66-73H,18-21H2,(H,61,62)/p+1/b11-3+,12-4+/t35-,36-,37-,42-,43-,44-,45+,46+,47+,48-,49-,50?,51-,52-,53+,54-/m1/s1. The van der Waals surface area contributed by atoms with Gasteiger partial charge in [-0.1, -0.05) is 12.1 Å². The van der Waals surface area contributed by atoms with Crippen molar-refractivity contribution in [2.75, 3.05) is 19.8 Å². The molecule has 4 aromatic rings. The molecule has 0 aliphatic carbocycles. The van der Waals surface area contributed by atoms with Gasteiger partial charge in [-0.25, -0.2) is 9.59 Å². The third-order valence-electron chi connectivity index (χ3n) is 13.2. The molecule has 83 heavy (non-hydrogen) atoms. The Balaban J connectivity index is 1.10. The maximum atomic E-state index is 13.0. The highest BCUT2D eigenvalue weighted by Gasteiger charge is 2.53. The molecule has 0 radical (unpaired) electrons. The number of carboxylic acids is 1. The van der Waals surface area contributed by atoms with E-state index in [0.29, 0.717) is 0 Å². The van der Waals surface area contributed by atoms with Crippen LogP contribution in [0.4, 0.5) is 0 Å². The maximum absolute atomic E-state index is 13.0. The minimum Gasteiger partial charge on any atom is -0.571 e. The molecule has 0 amide bonds. The Hall–Kier alpha value is -8.30. The number of aromatic hydroxyl groups is 7. The normalized spacial score (nSPS) is 29.7. The van der Waals surface area contributed by atoms with E-state index in [4.69, 9.17) is 52.5 Å². The molecule has 4 aromatic carbocycles. The van der Waals surface area contributed by atoms with Crippen molar-refractivity contribution in [3.05, 3.63) is 113 Å². The second-order valence-corrected chi connectivity index (χ2v) is 19.1. The number of rotatable bonds is 19. The summed E-state index contributed by atoms with van der Waals surface area (Å²) in [5, 5.41) is 158. The van der Waals surface area contributed by atoms with Crippen LogP contribution in [0.25, 0.3) is 18.2 Å². The lowest BCUT2D eigenvalue weighted by Gasteiger charge is -2.46. The van der Waals surface area contributed by atoms with Crippen LogP contribution in [0.15, 0.2) is 90.7 Å². The van der Waals surface area contributed by atoms with Crippen LogP contribution in [0, 0.1) is 0 Å². The fourth-order valence-corrected chi connectivity index (χ4v) is 8.77. The second kappa shape index (κ2) is 26.3. The number of ether oxygens (including phenoxy) is 10. The molecule has 16 N–H and O–H groups in total. The second-order valence-electron chi connectivity index (χ2n) is 19.1. The zero-order valence-corrected chi connectivity index (χ0v) is 42.8. The van der Waals surface area contributed by atoms with E-state index in [1.54, 1.807) is 0 Å². The number of phenols is 6. The molecule has 29 heteroatoms. The predicted molar refractivity (Wildman–Crippen MR) is 272 cm³/mol. The van der Waals surface area contributed by atoms with Crippen LogP contribution >= 0.6 is 0 Å². The summed E-state index contributed by atoms with van der Waals surface area (Å²) >= 11 is 0. The quantitative estimate of drug-likeness (QED) is 0.0129. The highest BCUT2D eigenvalue weighted by molar-refractivity contribution is 5.90. The number of carbonyl (C=O) groups is 4. The van der Waals surface area contributed by atoms with Gasteiger partial charge in [0.05, 0.1) is 11.6 Å². The van der Waals surface area contributed by atoms with Crippen LogP contribution in [-0.2, 0) is 57.1 Å². The molecule has 0 saturated carbocycles. The van der Waals surface area contributed by atoms with Gasteiger partial charge in [-0.15, -0.1) is 0 Å². The number of esters is 3. The topological polar surface area (TPSA) is 468 Å². The smallest absolute Gasteiger partial charge is 0.330 e. The summed E-state index contributed by atoms with van der Waals surface area (Å²) in [5.41, 5.74) is 0.700. The maximum Gasteiger partial charge on any atom is 0.330 e. The third kappa shape index (κ3) is 14.7. The lowest BCUT2D eigenvalue weighted by atomic mass is 9.97. The minimum atomic E-state index is -2.17. The zero-order valence-electron chi connectivity index (χ0n) is 42.8. The van der Waals surface area contributed by atoms with Crippen LogP contribution < -0.4 is 4.74 Å². The van der Waals surface area contributed by atoms with Gasteiger partial charge < -0.3 is 124 Å². The van der Waals surface area contributed by atoms with Crippen molar-refractivity contribution in [3.8, 4) is 46.0 Å². The van der Waals surface area contributed by atoms with E-state index in [9.17, 15) is 90.7 Å². The highest BCUT2D eigenvalue weighted by atomic mass is 16.8. The Morgan fingerprint density at radius 1 is 0.518 bits per heavy atom. The molecule has 4 aliphatic rings. The van der Waals surface area contributed by atoms with E-state index in [1.165, 1.54) is 60.7 Å². The number of aliphatic carboxylic acids is 1. The molecule has 16 atom stereocenters. The van der Waals surface area contributed by atoms with Crippen molar-refractivity contribution in [2.45, 2.75) is 105 Å². The van der Waals surface area contributed by atoms with Crippen molar-refractivity contribution in [3.63, 3.8) is 0 Å². The lowest BCUT2D eigenvalue weighted by molar-refractivity contribution is -0.364. The van der Waals surface area contributed by atoms with Crippen LogP contribution in [0.2, 0.25) is 0 Å². The molecule has 446 valence electrons. The monoisotopic (exact) mass is 1170 g/mol. The summed E-state index contributed by atoms with van der Waals surface area (Å²) < 4.78 is 56.3. The summed E-state index contributed by atoms with van der Waals surface area (Å²) in [4.78, 5) is 48.8. The van der Waals surface area contributed by atoms with Gasteiger partial charge in [0.15, 0.2) is 41.2 Å². The average molecular weight is 1170 g/mol. The van der Waals surface area contributed by atoms with Gasteiger partial charge in [0.2, 0.25) is 12.6 Å². The van der Waals surface area contributed by atoms with E-state index in [2.05, 4.69) is 0 Å². The number of fused-ring (bicyclic) bond motifs is 1. The van der Waals surface area contributed by atoms with Gasteiger partial charge in [0.1, 0.15) is 116 Å². The van der Waals surface area contributed by atoms with Gasteiger partial charge in [-0.3, -0.25) is 9.59 Å². The lowest BCUT2D eigenvalue weighted by Crippen LogP contribution is -2.64. The third-order valence-corrected chi connectivity index (χ3v) is 13.2. The Bertz CT molecular complexity index is 3070. The number of carbonyl (C=O) groups excluding carboxylic acids is 3. The van der Waals surface area contributed by atoms with E-state index in [0.717, 1.165) is 42.5 Å². The molecule has 8 rings (SSSR count). The van der Waals surface area contributed by atoms with Crippen molar-refractivity contribution in [2.24, 2.45) is 0 Å². The summed E-state index contributed by atoms with van der Waals surface area (Å²) in [7, 11) is 0. The molecule has 0 aromatic heterocycles. The molecule has 1 unspecified atom stereocenters. The largest absolute Gasteiger partial charge is 0.571 e. The predicted octanol–water partition coefficient (Wildman–Crippen LogP) is -1.37. The molecule has 4 heterocycles. The number of hydrogen-bond acceptors (Lipinski definition) is 27. The first-order chi connectivity index (χ1) is 39.4. The van der Waals surface area contributed by atoms with Gasteiger partial charge in [-0.05, 0) is 71.8 Å². The zero-order chi connectivity index (χ0) is 60.0. The number of carboxylic acid groups (broad SMARTS) is 1. The van der Waals surface area contributed by atoms with Crippen LogP contribution in [0.3, 0.4) is 0 Å². The van der Waals surface area contributed by atoms with Crippen molar-refractivity contribution in [1.29, 1.82) is 0 Å². The van der Waals surface area contributed by atoms with Crippen molar-refractivity contribution < 1.29 is 143 Å². The van der Waals surface area contributed by atoms with Gasteiger partial charge >= 0.3 is 23.9 Å². The Morgan fingerprint density at radius 3 is 1.57 bits per heavy atom. The summed E-state index contributed by atoms with van der Waals surface area (Å²) in [6.45, 7) is -2.45. The van der Waals surface area contributed by atoms with E-state index >= 15 is 0 Å². The van der Waals surface area contributed by atoms with E-state index in [1.807, 2.05) is 0 Å². The average Bonchev–Trinajstić information content (AvgIpc) is 2.98. The Kier molecular flexibility index (Phi) is 19.3. The molecule has 29 nitrogen and oxygen atoms in total. The first-order valence-electron chi connectivity index (χ1n) is 25.0. The molecule has 3 saturated heterocycles. The molecular weight excluding hydrogens is 1110 g/mol. The molecule has 4 aliphatic heterocycles. The Labute approximate surface area is 467 Å². The van der Waals surface area contributed by atoms with Gasteiger partial charge in [0, 0.05) is 24.3 Å². The molecule has 0 bridgehead atoms. The first-order valence-corrected chi connectivity index (χ1v) is 25.0. The number of hydrogen-bond donors (Lipinski definition) is 15. The van der Waals surface area contributed by atoms with Crippen molar-refractivity contribution >= 4 is 42.1 Å². The SMILES string of the molecule is O=C(O)CC(=O)OC[C@H]1O[C@@H](Oc2cc(O)cc3c2C=C(O[C@@H]2O[C@H](COC(=O)/C=C/c4ccc(O)c(O)c4)[C@@H](O)[C@H](O)[C@H]2O[C@@H]2O[C@H](COC(=O)/C=C/c4ccc(O)c(O)c4)[C@@H](O)[C@H](O)[C@H]2O)C(c2ccc(O)cc2)[OH+]3)[C@H](O)[C@@H](O)[C@@H]1O. The number of aliphatic hydroxyl groups excluding tert-OH is 8. The van der Waals surface area contributed by atoms with Crippen LogP contribution in [0.1, 0.15) is 34.8 Å². The van der Waals surface area contributed by atoms with Gasteiger partial charge in [0.25, 0.3) is 11.9 Å². The summed E-state index contributed by atoms with van der Waals surface area (Å²) in [6, 6.07) is 14.9. The molecular formula is C54H57O29+. The van der Waals surface area contributed by atoms with Crippen LogP contribution in [-0.4, -0.2) is 217 Å². The molecule has 3 fully saturated rings.